The molecule has 150 valence electrons. The molecule has 28 heavy (non-hydrogen) atoms. The summed E-state index contributed by atoms with van der Waals surface area (Å²) in [6.07, 6.45) is 4.55. The van der Waals surface area contributed by atoms with E-state index in [2.05, 4.69) is 21.2 Å². The monoisotopic (exact) mass is 484 g/mol. The van der Waals surface area contributed by atoms with Crippen LogP contribution in [0.2, 0.25) is 5.02 Å². The van der Waals surface area contributed by atoms with Crippen LogP contribution in [-0.4, -0.2) is 31.2 Å². The second kappa shape index (κ2) is 9.39. The maximum absolute atomic E-state index is 13.3. The standard InChI is InChI=1S/C20H22BrClN2O3S/c21-15-9-11-19(12-10-15)28(26,27)24(18-7-2-1-3-8-18)14-20(25)23-17-6-4-5-16(22)13-17/h4-6,9-13,18H,1-3,7-8,14H2,(H,23,25). The fourth-order valence-corrected chi connectivity index (χ4v) is 5.53. The largest absolute Gasteiger partial charge is 0.325 e. The van der Waals surface area contributed by atoms with Crippen LogP contribution in [-0.2, 0) is 14.8 Å². The third kappa shape index (κ3) is 5.35. The van der Waals surface area contributed by atoms with Crippen LogP contribution in [0.4, 0.5) is 5.69 Å². The number of rotatable bonds is 6. The van der Waals surface area contributed by atoms with Crippen molar-refractivity contribution in [1.29, 1.82) is 0 Å². The summed E-state index contributed by atoms with van der Waals surface area (Å²) >= 11 is 9.29. The Hall–Kier alpha value is -1.41. The molecule has 1 fully saturated rings. The third-order valence-electron chi connectivity index (χ3n) is 4.81. The highest BCUT2D eigenvalue weighted by molar-refractivity contribution is 9.10. The summed E-state index contributed by atoms with van der Waals surface area (Å²) in [5.41, 5.74) is 0.544. The van der Waals surface area contributed by atoms with Gasteiger partial charge in [0.05, 0.1) is 11.4 Å². The predicted octanol–water partition coefficient (Wildman–Crippen LogP) is 5.06. The molecule has 1 saturated carbocycles. The molecular weight excluding hydrogens is 464 g/mol. The SMILES string of the molecule is O=C(CN(C1CCCCC1)S(=O)(=O)c1ccc(Br)cc1)Nc1cccc(Cl)c1. The number of nitrogens with one attached hydrogen (secondary N) is 1. The summed E-state index contributed by atoms with van der Waals surface area (Å²) < 4.78 is 28.7. The van der Waals surface area contributed by atoms with Gasteiger partial charge in [-0.15, -0.1) is 0 Å². The molecule has 0 heterocycles. The van der Waals surface area contributed by atoms with Crippen LogP contribution in [0.3, 0.4) is 0 Å². The fourth-order valence-electron chi connectivity index (χ4n) is 3.43. The molecule has 8 heteroatoms. The summed E-state index contributed by atoms with van der Waals surface area (Å²) in [6.45, 7) is -0.227. The lowest BCUT2D eigenvalue weighted by Gasteiger charge is -2.33. The van der Waals surface area contributed by atoms with Gasteiger partial charge in [-0.25, -0.2) is 8.42 Å². The Bertz CT molecular complexity index is 929. The van der Waals surface area contributed by atoms with Crippen molar-refractivity contribution in [3.05, 3.63) is 58.0 Å². The first kappa shape index (κ1) is 21.3. The maximum atomic E-state index is 13.3. The zero-order valence-corrected chi connectivity index (χ0v) is 18.4. The van der Waals surface area contributed by atoms with E-state index in [9.17, 15) is 13.2 Å². The predicted molar refractivity (Wildman–Crippen MR) is 115 cm³/mol. The number of carbonyl (C=O) groups excluding carboxylic acids is 1. The Balaban J connectivity index is 1.84. The maximum Gasteiger partial charge on any atom is 0.243 e. The Labute approximate surface area is 179 Å². The van der Waals surface area contributed by atoms with Crippen molar-refractivity contribution in [2.45, 2.75) is 43.0 Å². The molecular formula is C20H22BrClN2O3S. The molecule has 1 N–H and O–H groups in total. The number of amides is 1. The minimum absolute atomic E-state index is 0.174. The van der Waals surface area contributed by atoms with Gasteiger partial charge in [0, 0.05) is 21.2 Å². The number of hydrogen-bond donors (Lipinski definition) is 1. The fraction of sp³-hybridized carbons (Fsp3) is 0.350. The molecule has 1 aliphatic carbocycles. The highest BCUT2D eigenvalue weighted by Crippen LogP contribution is 2.28. The molecule has 1 aliphatic rings. The molecule has 0 spiro atoms. The zero-order valence-electron chi connectivity index (χ0n) is 15.3. The molecule has 1 amide bonds. The van der Waals surface area contributed by atoms with Crippen LogP contribution in [0.5, 0.6) is 0 Å². The number of halogens is 2. The first-order valence-corrected chi connectivity index (χ1v) is 11.8. The molecule has 0 atom stereocenters. The average Bonchev–Trinajstić information content (AvgIpc) is 2.67. The first-order valence-electron chi connectivity index (χ1n) is 9.19. The van der Waals surface area contributed by atoms with Gasteiger partial charge in [0.2, 0.25) is 15.9 Å². The van der Waals surface area contributed by atoms with Crippen molar-refractivity contribution in [3.8, 4) is 0 Å². The quantitative estimate of drug-likeness (QED) is 0.621. The van der Waals surface area contributed by atoms with Gasteiger partial charge in [-0.1, -0.05) is 52.9 Å². The van der Waals surface area contributed by atoms with Gasteiger partial charge in [-0.05, 0) is 55.3 Å². The van der Waals surface area contributed by atoms with E-state index in [1.807, 2.05) is 0 Å². The second-order valence-corrected chi connectivity index (χ2v) is 10.1. The van der Waals surface area contributed by atoms with Crippen LogP contribution in [0.1, 0.15) is 32.1 Å². The zero-order chi connectivity index (χ0) is 20.1. The molecule has 2 aromatic carbocycles. The number of hydrogen-bond acceptors (Lipinski definition) is 3. The van der Waals surface area contributed by atoms with Gasteiger partial charge < -0.3 is 5.32 Å². The van der Waals surface area contributed by atoms with Crippen LogP contribution in [0, 0.1) is 0 Å². The average molecular weight is 486 g/mol. The van der Waals surface area contributed by atoms with Gasteiger partial charge >= 0.3 is 0 Å². The van der Waals surface area contributed by atoms with Crippen molar-refractivity contribution in [2.24, 2.45) is 0 Å². The van der Waals surface area contributed by atoms with Crippen LogP contribution in [0.15, 0.2) is 57.9 Å². The summed E-state index contributed by atoms with van der Waals surface area (Å²) in [5, 5.41) is 3.25. The molecule has 0 bridgehead atoms. The van der Waals surface area contributed by atoms with E-state index in [0.29, 0.717) is 10.7 Å². The minimum atomic E-state index is -3.79. The third-order valence-corrected chi connectivity index (χ3v) is 7.49. The highest BCUT2D eigenvalue weighted by atomic mass is 79.9. The van der Waals surface area contributed by atoms with Gasteiger partial charge in [-0.3, -0.25) is 4.79 Å². The van der Waals surface area contributed by atoms with E-state index in [1.54, 1.807) is 48.5 Å². The van der Waals surface area contributed by atoms with E-state index in [0.717, 1.165) is 36.6 Å². The van der Waals surface area contributed by atoms with Gasteiger partial charge in [-0.2, -0.15) is 4.31 Å². The van der Waals surface area contributed by atoms with Gasteiger partial charge in [0.25, 0.3) is 0 Å². The van der Waals surface area contributed by atoms with E-state index in [4.69, 9.17) is 11.6 Å². The Morgan fingerprint density at radius 2 is 1.79 bits per heavy atom. The summed E-state index contributed by atoms with van der Waals surface area (Å²) in [5.74, 6) is -0.381. The van der Waals surface area contributed by atoms with E-state index >= 15 is 0 Å². The second-order valence-electron chi connectivity index (χ2n) is 6.85. The van der Waals surface area contributed by atoms with Crippen LogP contribution < -0.4 is 5.32 Å². The summed E-state index contributed by atoms with van der Waals surface area (Å²) in [7, 11) is -3.79. The van der Waals surface area contributed by atoms with E-state index in [-0.39, 0.29) is 23.4 Å². The van der Waals surface area contributed by atoms with E-state index < -0.39 is 10.0 Å². The minimum Gasteiger partial charge on any atom is -0.325 e. The lowest BCUT2D eigenvalue weighted by molar-refractivity contribution is -0.116. The highest BCUT2D eigenvalue weighted by Gasteiger charge is 2.34. The number of nitrogens with zero attached hydrogens (tertiary/aromatic N) is 1. The molecule has 0 saturated heterocycles. The van der Waals surface area contributed by atoms with Gasteiger partial charge in [0.15, 0.2) is 0 Å². The van der Waals surface area contributed by atoms with E-state index in [1.165, 1.54) is 4.31 Å². The number of sulfonamides is 1. The summed E-state index contributed by atoms with van der Waals surface area (Å²) in [6, 6.07) is 13.1. The van der Waals surface area contributed by atoms with Crippen LogP contribution >= 0.6 is 27.5 Å². The number of carbonyl (C=O) groups is 1. The van der Waals surface area contributed by atoms with Crippen molar-refractivity contribution in [3.63, 3.8) is 0 Å². The van der Waals surface area contributed by atoms with Crippen molar-refractivity contribution in [1.82, 2.24) is 4.31 Å². The van der Waals surface area contributed by atoms with Crippen LogP contribution in [0.25, 0.3) is 0 Å². The summed E-state index contributed by atoms with van der Waals surface area (Å²) in [4.78, 5) is 12.8. The molecule has 5 nitrogen and oxygen atoms in total. The molecule has 3 rings (SSSR count). The number of anilines is 1. The molecule has 2 aromatic rings. The lowest BCUT2D eigenvalue weighted by Crippen LogP contribution is -2.45. The first-order chi connectivity index (χ1) is 13.4. The van der Waals surface area contributed by atoms with Crippen molar-refractivity contribution in [2.75, 3.05) is 11.9 Å². The van der Waals surface area contributed by atoms with Gasteiger partial charge in [0.1, 0.15) is 0 Å². The Kier molecular flexibility index (Phi) is 7.15. The Morgan fingerprint density at radius 1 is 1.11 bits per heavy atom. The molecule has 0 radical (unpaired) electrons. The molecule has 0 unspecified atom stereocenters. The lowest BCUT2D eigenvalue weighted by atomic mass is 9.95. The molecule has 0 aromatic heterocycles. The van der Waals surface area contributed by atoms with Crippen molar-refractivity contribution < 1.29 is 13.2 Å². The smallest absolute Gasteiger partial charge is 0.243 e. The molecule has 0 aliphatic heterocycles. The Morgan fingerprint density at radius 3 is 2.43 bits per heavy atom. The topological polar surface area (TPSA) is 66.5 Å². The number of benzene rings is 2. The normalized spacial score (nSPS) is 15.5. The van der Waals surface area contributed by atoms with Crippen molar-refractivity contribution >= 4 is 49.1 Å².